The van der Waals surface area contributed by atoms with Gasteiger partial charge in [0.1, 0.15) is 5.75 Å². The summed E-state index contributed by atoms with van der Waals surface area (Å²) in [6, 6.07) is 15.5. The number of aromatic nitrogens is 3. The molecule has 9 heteroatoms. The number of alkyl halides is 2. The van der Waals surface area contributed by atoms with Crippen LogP contribution in [0.4, 0.5) is 14.5 Å². The minimum absolute atomic E-state index is 0.0323. The molecule has 1 amide bonds. The number of ether oxygens (including phenoxy) is 1. The first-order valence-corrected chi connectivity index (χ1v) is 9.87. The quantitative estimate of drug-likeness (QED) is 0.538. The fourth-order valence-corrected chi connectivity index (χ4v) is 3.55. The number of nitrogens with zero attached hydrogens (tertiary/aromatic N) is 3. The maximum atomic E-state index is 12.5. The van der Waals surface area contributed by atoms with E-state index in [1.807, 2.05) is 41.8 Å². The Hall–Kier alpha value is -2.94. The standard InChI is InChI=1S/C20H20F2N4O2S/c1-3-26-17(14-7-5-4-6-8-14)24-25-20(26)29-13(2)18(27)23-15-9-11-16(12-10-15)28-19(21)22/h4-13,19H,3H2,1-2H3,(H,23,27). The van der Waals surface area contributed by atoms with Crippen LogP contribution < -0.4 is 10.1 Å². The maximum Gasteiger partial charge on any atom is 0.387 e. The Morgan fingerprint density at radius 3 is 2.45 bits per heavy atom. The van der Waals surface area contributed by atoms with Crippen LogP contribution in [0.25, 0.3) is 11.4 Å². The van der Waals surface area contributed by atoms with E-state index in [4.69, 9.17) is 0 Å². The third kappa shape index (κ3) is 5.32. The minimum atomic E-state index is -2.89. The lowest BCUT2D eigenvalue weighted by molar-refractivity contribution is -0.115. The molecule has 1 unspecified atom stereocenters. The third-order valence-corrected chi connectivity index (χ3v) is 5.14. The molecule has 29 heavy (non-hydrogen) atoms. The number of benzene rings is 2. The summed E-state index contributed by atoms with van der Waals surface area (Å²) in [5, 5.41) is 11.5. The number of rotatable bonds is 8. The predicted molar refractivity (Wildman–Crippen MR) is 108 cm³/mol. The zero-order chi connectivity index (χ0) is 20.8. The van der Waals surface area contributed by atoms with Crippen molar-refractivity contribution in [2.45, 2.75) is 37.4 Å². The zero-order valence-corrected chi connectivity index (χ0v) is 16.7. The zero-order valence-electron chi connectivity index (χ0n) is 15.9. The Balaban J connectivity index is 1.66. The highest BCUT2D eigenvalue weighted by molar-refractivity contribution is 8.00. The molecular weight excluding hydrogens is 398 g/mol. The van der Waals surface area contributed by atoms with Crippen molar-refractivity contribution in [1.29, 1.82) is 0 Å². The van der Waals surface area contributed by atoms with Crippen LogP contribution in [0, 0.1) is 0 Å². The van der Waals surface area contributed by atoms with Gasteiger partial charge in [-0.05, 0) is 38.1 Å². The predicted octanol–water partition coefficient (Wildman–Crippen LogP) is 4.69. The lowest BCUT2D eigenvalue weighted by Crippen LogP contribution is -2.23. The molecule has 152 valence electrons. The number of halogens is 2. The summed E-state index contributed by atoms with van der Waals surface area (Å²) in [7, 11) is 0. The monoisotopic (exact) mass is 418 g/mol. The summed E-state index contributed by atoms with van der Waals surface area (Å²) >= 11 is 1.30. The number of carbonyl (C=O) groups is 1. The number of amides is 1. The van der Waals surface area contributed by atoms with Crippen LogP contribution in [-0.2, 0) is 11.3 Å². The van der Waals surface area contributed by atoms with Gasteiger partial charge in [0, 0.05) is 17.8 Å². The molecule has 0 aliphatic carbocycles. The first kappa shape index (κ1) is 20.8. The molecule has 1 N–H and O–H groups in total. The van der Waals surface area contributed by atoms with Crippen molar-refractivity contribution < 1.29 is 18.3 Å². The highest BCUT2D eigenvalue weighted by Gasteiger charge is 2.20. The Morgan fingerprint density at radius 2 is 1.83 bits per heavy atom. The van der Waals surface area contributed by atoms with Crippen LogP contribution in [0.3, 0.4) is 0 Å². The molecule has 1 aromatic heterocycles. The van der Waals surface area contributed by atoms with Crippen molar-refractivity contribution in [3.8, 4) is 17.1 Å². The van der Waals surface area contributed by atoms with Gasteiger partial charge in [-0.1, -0.05) is 42.1 Å². The highest BCUT2D eigenvalue weighted by Crippen LogP contribution is 2.27. The SMILES string of the molecule is CCn1c(SC(C)C(=O)Nc2ccc(OC(F)F)cc2)nnc1-c1ccccc1. The van der Waals surface area contributed by atoms with Gasteiger partial charge in [-0.15, -0.1) is 10.2 Å². The summed E-state index contributed by atoms with van der Waals surface area (Å²) in [4.78, 5) is 12.5. The van der Waals surface area contributed by atoms with Gasteiger partial charge < -0.3 is 14.6 Å². The van der Waals surface area contributed by atoms with Gasteiger partial charge in [0.05, 0.1) is 5.25 Å². The first-order valence-electron chi connectivity index (χ1n) is 8.99. The molecule has 3 rings (SSSR count). The number of nitrogens with one attached hydrogen (secondary N) is 1. The Labute approximate surface area is 171 Å². The Bertz CT molecular complexity index is 949. The van der Waals surface area contributed by atoms with Gasteiger partial charge in [-0.3, -0.25) is 4.79 Å². The van der Waals surface area contributed by atoms with E-state index >= 15 is 0 Å². The summed E-state index contributed by atoms with van der Waals surface area (Å²) < 4.78 is 30.7. The van der Waals surface area contributed by atoms with Crippen LogP contribution in [0.1, 0.15) is 13.8 Å². The lowest BCUT2D eigenvalue weighted by atomic mass is 10.2. The summed E-state index contributed by atoms with van der Waals surface area (Å²) in [6.07, 6.45) is 0. The Morgan fingerprint density at radius 1 is 1.14 bits per heavy atom. The fourth-order valence-electron chi connectivity index (χ4n) is 2.64. The number of thioether (sulfide) groups is 1. The van der Waals surface area contributed by atoms with Crippen molar-refractivity contribution in [3.05, 3.63) is 54.6 Å². The van der Waals surface area contributed by atoms with Gasteiger partial charge in [-0.2, -0.15) is 8.78 Å². The number of anilines is 1. The van der Waals surface area contributed by atoms with E-state index in [2.05, 4.69) is 20.3 Å². The van der Waals surface area contributed by atoms with E-state index < -0.39 is 11.9 Å². The molecule has 0 bridgehead atoms. The van der Waals surface area contributed by atoms with Gasteiger partial charge in [0.25, 0.3) is 0 Å². The lowest BCUT2D eigenvalue weighted by Gasteiger charge is -2.13. The van der Waals surface area contributed by atoms with Crippen molar-refractivity contribution >= 4 is 23.4 Å². The number of carbonyl (C=O) groups excluding carboxylic acids is 1. The normalized spacial score (nSPS) is 12.0. The van der Waals surface area contributed by atoms with E-state index in [1.165, 1.54) is 36.0 Å². The van der Waals surface area contributed by atoms with E-state index in [9.17, 15) is 13.6 Å². The molecule has 0 radical (unpaired) electrons. The molecular formula is C20H20F2N4O2S. The highest BCUT2D eigenvalue weighted by atomic mass is 32.2. The van der Waals surface area contributed by atoms with Gasteiger partial charge >= 0.3 is 6.61 Å². The summed E-state index contributed by atoms with van der Waals surface area (Å²) in [6.45, 7) is 1.54. The third-order valence-electron chi connectivity index (χ3n) is 4.06. The molecule has 0 fully saturated rings. The summed E-state index contributed by atoms with van der Waals surface area (Å²) in [5.74, 6) is 0.548. The van der Waals surface area contributed by atoms with E-state index in [-0.39, 0.29) is 11.7 Å². The molecule has 0 saturated heterocycles. The van der Waals surface area contributed by atoms with Crippen molar-refractivity contribution in [2.24, 2.45) is 0 Å². The second-order valence-corrected chi connectivity index (χ2v) is 7.38. The van der Waals surface area contributed by atoms with Crippen LogP contribution in [0.15, 0.2) is 59.8 Å². The molecule has 0 aliphatic rings. The smallest absolute Gasteiger partial charge is 0.387 e. The summed E-state index contributed by atoms with van der Waals surface area (Å²) in [5.41, 5.74) is 1.45. The maximum absolute atomic E-state index is 12.5. The fraction of sp³-hybridized carbons (Fsp3) is 0.250. The van der Waals surface area contributed by atoms with E-state index in [1.54, 1.807) is 6.92 Å². The average molecular weight is 418 g/mol. The molecule has 1 heterocycles. The first-order chi connectivity index (χ1) is 14.0. The minimum Gasteiger partial charge on any atom is -0.435 e. The molecule has 6 nitrogen and oxygen atoms in total. The average Bonchev–Trinajstić information content (AvgIpc) is 3.12. The molecule has 1 atom stereocenters. The van der Waals surface area contributed by atoms with E-state index in [0.717, 1.165) is 11.4 Å². The van der Waals surface area contributed by atoms with Crippen molar-refractivity contribution in [1.82, 2.24) is 14.8 Å². The molecule has 0 spiro atoms. The topological polar surface area (TPSA) is 69.0 Å². The van der Waals surface area contributed by atoms with Gasteiger partial charge in [0.15, 0.2) is 11.0 Å². The van der Waals surface area contributed by atoms with E-state index in [0.29, 0.717) is 17.4 Å². The Kier molecular flexibility index (Phi) is 6.82. The number of hydrogen-bond acceptors (Lipinski definition) is 5. The van der Waals surface area contributed by atoms with Crippen molar-refractivity contribution in [3.63, 3.8) is 0 Å². The van der Waals surface area contributed by atoms with Crippen LogP contribution >= 0.6 is 11.8 Å². The largest absolute Gasteiger partial charge is 0.435 e. The molecule has 0 saturated carbocycles. The van der Waals surface area contributed by atoms with Crippen LogP contribution in [-0.4, -0.2) is 32.5 Å². The second kappa shape index (κ2) is 9.51. The number of hydrogen-bond donors (Lipinski definition) is 1. The molecule has 0 aliphatic heterocycles. The molecule has 2 aromatic carbocycles. The van der Waals surface area contributed by atoms with Crippen LogP contribution in [0.5, 0.6) is 5.75 Å². The second-order valence-electron chi connectivity index (χ2n) is 6.07. The van der Waals surface area contributed by atoms with Crippen molar-refractivity contribution in [2.75, 3.05) is 5.32 Å². The van der Waals surface area contributed by atoms with Crippen LogP contribution in [0.2, 0.25) is 0 Å². The van der Waals surface area contributed by atoms with Gasteiger partial charge in [0.2, 0.25) is 5.91 Å². The molecule has 3 aromatic rings. The van der Waals surface area contributed by atoms with Gasteiger partial charge in [-0.25, -0.2) is 0 Å².